The van der Waals surface area contributed by atoms with Crippen LogP contribution in [-0.4, -0.2) is 26.6 Å². The summed E-state index contributed by atoms with van der Waals surface area (Å²) in [7, 11) is -1.60. The predicted octanol–water partition coefficient (Wildman–Crippen LogP) is 3.99. The van der Waals surface area contributed by atoms with Gasteiger partial charge >= 0.3 is 0 Å². The molecule has 0 aliphatic carbocycles. The van der Waals surface area contributed by atoms with Crippen molar-refractivity contribution in [1.29, 1.82) is 0 Å². The van der Waals surface area contributed by atoms with Crippen molar-refractivity contribution >= 4 is 25.7 Å². The van der Waals surface area contributed by atoms with Gasteiger partial charge in [0.15, 0.2) is 8.32 Å². The van der Waals surface area contributed by atoms with E-state index in [2.05, 4.69) is 33.9 Å². The number of Topliss-reactive ketones (excluding diaryl/α,β-unsaturated/α-hetero) is 1. The number of rotatable bonds is 7. The second-order valence-corrected chi connectivity index (χ2v) is 10.8. The fourth-order valence-corrected chi connectivity index (χ4v) is 2.26. The summed E-state index contributed by atoms with van der Waals surface area (Å²) in [5.41, 5.74) is 0. The maximum absolute atomic E-state index is 11.0. The van der Waals surface area contributed by atoms with E-state index in [4.69, 9.17) is 16.0 Å². The first-order chi connectivity index (χ1) is 7.20. The van der Waals surface area contributed by atoms with Crippen LogP contribution in [-0.2, 0) is 9.22 Å². The number of carbonyl (C=O) groups is 1. The van der Waals surface area contributed by atoms with Crippen molar-refractivity contribution in [2.24, 2.45) is 0 Å². The molecular formula is C12H25ClO2Si. The number of halogens is 1. The van der Waals surface area contributed by atoms with E-state index in [1.807, 2.05) is 0 Å². The summed E-state index contributed by atoms with van der Waals surface area (Å²) < 4.78 is 6.00. The highest BCUT2D eigenvalue weighted by atomic mass is 35.5. The Morgan fingerprint density at radius 2 is 1.81 bits per heavy atom. The molecule has 0 aromatic heterocycles. The minimum absolute atomic E-state index is 0.133. The molecule has 0 rings (SSSR count). The molecule has 0 heterocycles. The van der Waals surface area contributed by atoms with Crippen molar-refractivity contribution in [2.75, 3.05) is 12.5 Å². The summed E-state index contributed by atoms with van der Waals surface area (Å²) in [6.07, 6.45) is 2.43. The third kappa shape index (κ3) is 6.02. The Morgan fingerprint density at radius 3 is 2.25 bits per heavy atom. The van der Waals surface area contributed by atoms with Crippen LogP contribution < -0.4 is 0 Å². The smallest absolute Gasteiger partial charge is 0.191 e. The van der Waals surface area contributed by atoms with E-state index >= 15 is 0 Å². The molecule has 0 spiro atoms. The normalized spacial score (nSPS) is 12.9. The van der Waals surface area contributed by atoms with Gasteiger partial charge in [0.2, 0.25) is 0 Å². The first kappa shape index (κ1) is 16.1. The van der Waals surface area contributed by atoms with E-state index in [-0.39, 0.29) is 16.7 Å². The standard InChI is InChI=1S/C12H25ClO2Si/c1-12(2,3)16(4,5)15-9-7-6-8-11(14)10-13/h6-10H2,1-5H3. The van der Waals surface area contributed by atoms with Crippen LogP contribution in [0.15, 0.2) is 0 Å². The minimum atomic E-state index is -1.60. The van der Waals surface area contributed by atoms with Gasteiger partial charge in [0.05, 0.1) is 5.88 Å². The third-order valence-electron chi connectivity index (χ3n) is 3.27. The lowest BCUT2D eigenvalue weighted by Crippen LogP contribution is -2.40. The number of unbranched alkanes of at least 4 members (excludes halogenated alkanes) is 1. The predicted molar refractivity (Wildman–Crippen MR) is 72.7 cm³/mol. The molecule has 0 aromatic carbocycles. The van der Waals surface area contributed by atoms with Crippen LogP contribution >= 0.6 is 11.6 Å². The molecule has 0 aliphatic rings. The SMILES string of the molecule is CC(C)(C)[Si](C)(C)OCCCCC(=O)CCl. The van der Waals surface area contributed by atoms with Gasteiger partial charge in [-0.3, -0.25) is 4.79 Å². The molecule has 0 amide bonds. The van der Waals surface area contributed by atoms with Gasteiger partial charge in [0.1, 0.15) is 5.78 Å². The van der Waals surface area contributed by atoms with Crippen LogP contribution in [0.1, 0.15) is 40.0 Å². The second kappa shape index (κ2) is 6.77. The Bertz CT molecular complexity index is 222. The van der Waals surface area contributed by atoms with Gasteiger partial charge in [-0.2, -0.15) is 0 Å². The summed E-state index contributed by atoms with van der Waals surface area (Å²) in [4.78, 5) is 11.0. The number of hydrogen-bond acceptors (Lipinski definition) is 2. The molecule has 0 N–H and O–H groups in total. The Morgan fingerprint density at radius 1 is 1.25 bits per heavy atom. The van der Waals surface area contributed by atoms with Gasteiger partial charge in [0.25, 0.3) is 0 Å². The Kier molecular flexibility index (Phi) is 6.83. The van der Waals surface area contributed by atoms with Crippen molar-refractivity contribution in [3.8, 4) is 0 Å². The Labute approximate surface area is 106 Å². The number of hydrogen-bond donors (Lipinski definition) is 0. The Hall–Kier alpha value is 0.137. The zero-order valence-corrected chi connectivity index (χ0v) is 13.0. The highest BCUT2D eigenvalue weighted by molar-refractivity contribution is 6.74. The van der Waals surface area contributed by atoms with E-state index in [1.54, 1.807) is 0 Å². The average molecular weight is 265 g/mol. The number of carbonyl (C=O) groups excluding carboxylic acids is 1. The monoisotopic (exact) mass is 264 g/mol. The molecule has 0 aliphatic heterocycles. The molecule has 0 fully saturated rings. The quantitative estimate of drug-likeness (QED) is 0.395. The summed E-state index contributed by atoms with van der Waals surface area (Å²) in [5.74, 6) is 0.275. The largest absolute Gasteiger partial charge is 0.417 e. The van der Waals surface area contributed by atoms with E-state index in [0.29, 0.717) is 6.42 Å². The van der Waals surface area contributed by atoms with Gasteiger partial charge in [-0.1, -0.05) is 20.8 Å². The lowest BCUT2D eigenvalue weighted by molar-refractivity contribution is -0.116. The molecule has 96 valence electrons. The van der Waals surface area contributed by atoms with Gasteiger partial charge in [-0.25, -0.2) is 0 Å². The molecule has 2 nitrogen and oxygen atoms in total. The van der Waals surface area contributed by atoms with Gasteiger partial charge in [0, 0.05) is 13.0 Å². The van der Waals surface area contributed by atoms with Crippen molar-refractivity contribution in [1.82, 2.24) is 0 Å². The zero-order chi connectivity index (χ0) is 12.8. The summed E-state index contributed by atoms with van der Waals surface area (Å²) >= 11 is 5.42. The molecule has 0 saturated carbocycles. The van der Waals surface area contributed by atoms with Crippen molar-refractivity contribution in [3.63, 3.8) is 0 Å². The second-order valence-electron chi connectivity index (χ2n) is 5.74. The fraction of sp³-hybridized carbons (Fsp3) is 0.917. The summed E-state index contributed by atoms with van der Waals surface area (Å²) in [5, 5.41) is 0.263. The molecule has 0 radical (unpaired) electrons. The third-order valence-corrected chi connectivity index (χ3v) is 8.10. The molecular weight excluding hydrogens is 240 g/mol. The van der Waals surface area contributed by atoms with Gasteiger partial charge in [-0.05, 0) is 31.0 Å². The molecule has 0 bridgehead atoms. The molecule has 0 saturated heterocycles. The van der Waals surface area contributed by atoms with E-state index in [9.17, 15) is 4.79 Å². The van der Waals surface area contributed by atoms with Gasteiger partial charge < -0.3 is 4.43 Å². The number of ketones is 1. The van der Waals surface area contributed by atoms with Crippen LogP contribution in [0.2, 0.25) is 18.1 Å². The van der Waals surface area contributed by atoms with Crippen LogP contribution in [0.3, 0.4) is 0 Å². The van der Waals surface area contributed by atoms with Crippen molar-refractivity contribution in [2.45, 2.75) is 58.2 Å². The maximum atomic E-state index is 11.0. The molecule has 16 heavy (non-hydrogen) atoms. The summed E-state index contributed by atoms with van der Waals surface area (Å²) in [6, 6.07) is 0. The zero-order valence-electron chi connectivity index (χ0n) is 11.2. The van der Waals surface area contributed by atoms with Crippen LogP contribution in [0.4, 0.5) is 0 Å². The topological polar surface area (TPSA) is 26.3 Å². The average Bonchev–Trinajstić information content (AvgIpc) is 2.15. The maximum Gasteiger partial charge on any atom is 0.191 e. The molecule has 0 unspecified atom stereocenters. The Balaban J connectivity index is 3.71. The van der Waals surface area contributed by atoms with E-state index in [1.165, 1.54) is 0 Å². The van der Waals surface area contributed by atoms with E-state index in [0.717, 1.165) is 19.4 Å². The number of alkyl halides is 1. The van der Waals surface area contributed by atoms with Crippen molar-refractivity contribution in [3.05, 3.63) is 0 Å². The summed E-state index contributed by atoms with van der Waals surface area (Å²) in [6.45, 7) is 12.0. The first-order valence-corrected chi connectivity index (χ1v) is 9.36. The van der Waals surface area contributed by atoms with E-state index < -0.39 is 8.32 Å². The van der Waals surface area contributed by atoms with Crippen LogP contribution in [0.25, 0.3) is 0 Å². The highest BCUT2D eigenvalue weighted by Crippen LogP contribution is 2.36. The molecule has 4 heteroatoms. The highest BCUT2D eigenvalue weighted by Gasteiger charge is 2.36. The fourth-order valence-electron chi connectivity index (χ4n) is 1.03. The lowest BCUT2D eigenvalue weighted by Gasteiger charge is -2.36. The van der Waals surface area contributed by atoms with Crippen molar-refractivity contribution < 1.29 is 9.22 Å². The van der Waals surface area contributed by atoms with Gasteiger partial charge in [-0.15, -0.1) is 11.6 Å². The lowest BCUT2D eigenvalue weighted by atomic mass is 10.2. The van der Waals surface area contributed by atoms with Crippen LogP contribution in [0.5, 0.6) is 0 Å². The minimum Gasteiger partial charge on any atom is -0.417 e. The first-order valence-electron chi connectivity index (χ1n) is 5.92. The molecule has 0 atom stereocenters. The van der Waals surface area contributed by atoms with Crippen LogP contribution in [0, 0.1) is 0 Å². The molecule has 0 aromatic rings.